The zero-order valence-corrected chi connectivity index (χ0v) is 17.0. The van der Waals surface area contributed by atoms with Crippen LogP contribution >= 0.6 is 11.6 Å². The monoisotopic (exact) mass is 422 g/mol. The van der Waals surface area contributed by atoms with E-state index in [0.29, 0.717) is 18.1 Å². The van der Waals surface area contributed by atoms with Crippen molar-refractivity contribution in [3.63, 3.8) is 0 Å². The number of sulfonamides is 1. The van der Waals surface area contributed by atoms with Gasteiger partial charge in [-0.1, -0.05) is 11.6 Å². The molecule has 0 bridgehead atoms. The van der Waals surface area contributed by atoms with Gasteiger partial charge in [-0.2, -0.15) is 0 Å². The van der Waals surface area contributed by atoms with Gasteiger partial charge in [0, 0.05) is 63.1 Å². The molecule has 150 valence electrons. The van der Waals surface area contributed by atoms with Gasteiger partial charge in [0.1, 0.15) is 0 Å². The molecule has 0 atom stereocenters. The average Bonchev–Trinajstić information content (AvgIpc) is 2.69. The van der Waals surface area contributed by atoms with E-state index in [1.54, 1.807) is 17.3 Å². The van der Waals surface area contributed by atoms with Crippen LogP contribution in [0, 0.1) is 0 Å². The Morgan fingerprint density at radius 1 is 1.04 bits per heavy atom. The lowest BCUT2D eigenvalue weighted by molar-refractivity contribution is -0.132. The highest BCUT2D eigenvalue weighted by Gasteiger charge is 2.21. The molecule has 0 radical (unpaired) electrons. The summed E-state index contributed by atoms with van der Waals surface area (Å²) in [5.41, 5.74) is 1.20. The van der Waals surface area contributed by atoms with Gasteiger partial charge in [-0.25, -0.2) is 13.1 Å². The topological polar surface area (TPSA) is 82.6 Å². The zero-order chi connectivity index (χ0) is 20.0. The first kappa shape index (κ1) is 20.7. The molecule has 3 rings (SSSR count). The number of nitrogens with zero attached hydrogens (tertiary/aromatic N) is 3. The number of carbonyl (C=O) groups excluding carboxylic acids is 1. The van der Waals surface area contributed by atoms with Crippen LogP contribution in [0.25, 0.3) is 0 Å². The highest BCUT2D eigenvalue weighted by molar-refractivity contribution is 7.89. The summed E-state index contributed by atoms with van der Waals surface area (Å²) in [4.78, 5) is 20.6. The number of pyridine rings is 1. The van der Waals surface area contributed by atoms with Gasteiger partial charge in [-0.3, -0.25) is 14.7 Å². The van der Waals surface area contributed by atoms with Crippen LogP contribution in [0.15, 0.2) is 53.7 Å². The lowest BCUT2D eigenvalue weighted by atomic mass is 10.2. The second-order valence-electron chi connectivity index (χ2n) is 6.61. The number of benzene rings is 1. The fraction of sp³-hybridized carbons (Fsp3) is 0.368. The number of halogens is 1. The Labute approximate surface area is 170 Å². The SMILES string of the molecule is O=C(CCNS(=O)(=O)c1ccc(Cl)cc1)N1CCN(Cc2ccncc2)CC1. The molecule has 1 aromatic carbocycles. The third-order valence-electron chi connectivity index (χ3n) is 4.64. The van der Waals surface area contributed by atoms with Crippen molar-refractivity contribution in [2.24, 2.45) is 0 Å². The summed E-state index contributed by atoms with van der Waals surface area (Å²) in [7, 11) is -3.64. The third kappa shape index (κ3) is 5.75. The lowest BCUT2D eigenvalue weighted by Gasteiger charge is -2.34. The van der Waals surface area contributed by atoms with Crippen LogP contribution in [0.2, 0.25) is 5.02 Å². The van der Waals surface area contributed by atoms with Crippen LogP contribution in [0.5, 0.6) is 0 Å². The molecule has 1 N–H and O–H groups in total. The summed E-state index contributed by atoms with van der Waals surface area (Å²) in [6.07, 6.45) is 3.69. The van der Waals surface area contributed by atoms with Crippen LogP contribution < -0.4 is 4.72 Å². The molecule has 1 saturated heterocycles. The van der Waals surface area contributed by atoms with Crippen molar-refractivity contribution < 1.29 is 13.2 Å². The molecule has 1 aliphatic rings. The van der Waals surface area contributed by atoms with E-state index >= 15 is 0 Å². The Bertz CT molecular complexity index is 883. The van der Waals surface area contributed by atoms with Gasteiger partial charge < -0.3 is 4.90 Å². The second-order valence-corrected chi connectivity index (χ2v) is 8.82. The molecule has 1 amide bonds. The van der Waals surface area contributed by atoms with Crippen molar-refractivity contribution in [1.82, 2.24) is 19.5 Å². The van der Waals surface area contributed by atoms with Gasteiger partial charge in [0.15, 0.2) is 0 Å². The Hall–Kier alpha value is -2.00. The van der Waals surface area contributed by atoms with Crippen LogP contribution in [0.4, 0.5) is 0 Å². The maximum atomic E-state index is 12.4. The van der Waals surface area contributed by atoms with E-state index in [0.717, 1.165) is 19.6 Å². The smallest absolute Gasteiger partial charge is 0.240 e. The summed E-state index contributed by atoms with van der Waals surface area (Å²) in [6.45, 7) is 3.79. The molecule has 1 aliphatic heterocycles. The first-order chi connectivity index (χ1) is 13.4. The van der Waals surface area contributed by atoms with E-state index in [1.807, 2.05) is 12.1 Å². The second kappa shape index (κ2) is 9.47. The van der Waals surface area contributed by atoms with E-state index in [1.165, 1.54) is 29.8 Å². The molecule has 1 fully saturated rings. The van der Waals surface area contributed by atoms with Gasteiger partial charge in [0.05, 0.1) is 4.90 Å². The molecule has 1 aromatic heterocycles. The summed E-state index contributed by atoms with van der Waals surface area (Å²) in [6, 6.07) is 9.90. The van der Waals surface area contributed by atoms with Gasteiger partial charge in [0.2, 0.25) is 15.9 Å². The molecule has 7 nitrogen and oxygen atoms in total. The van der Waals surface area contributed by atoms with Crippen molar-refractivity contribution >= 4 is 27.5 Å². The summed E-state index contributed by atoms with van der Waals surface area (Å²) >= 11 is 5.78. The standard InChI is InChI=1S/C19H23ClN4O3S/c20-17-1-3-18(4-2-17)28(26,27)22-10-7-19(25)24-13-11-23(12-14-24)15-16-5-8-21-9-6-16/h1-6,8-9,22H,7,10-15H2. The first-order valence-electron chi connectivity index (χ1n) is 9.08. The predicted octanol–water partition coefficient (Wildman–Crippen LogP) is 1.75. The number of amides is 1. The molecule has 0 unspecified atom stereocenters. The summed E-state index contributed by atoms with van der Waals surface area (Å²) < 4.78 is 26.9. The highest BCUT2D eigenvalue weighted by Crippen LogP contribution is 2.14. The van der Waals surface area contributed by atoms with Crippen LogP contribution in [-0.2, 0) is 21.4 Å². The summed E-state index contributed by atoms with van der Waals surface area (Å²) in [5.74, 6) is -0.0395. The third-order valence-corrected chi connectivity index (χ3v) is 6.36. The van der Waals surface area contributed by atoms with E-state index < -0.39 is 10.0 Å². The van der Waals surface area contributed by atoms with Crippen LogP contribution in [-0.4, -0.2) is 61.8 Å². The predicted molar refractivity (Wildman–Crippen MR) is 107 cm³/mol. The summed E-state index contributed by atoms with van der Waals surface area (Å²) in [5, 5.41) is 0.470. The first-order valence-corrected chi connectivity index (χ1v) is 10.9. The maximum absolute atomic E-state index is 12.4. The van der Waals surface area contributed by atoms with Gasteiger partial charge in [-0.15, -0.1) is 0 Å². The lowest BCUT2D eigenvalue weighted by Crippen LogP contribution is -2.48. The van der Waals surface area contributed by atoms with E-state index in [4.69, 9.17) is 11.6 Å². The number of nitrogens with one attached hydrogen (secondary N) is 1. The number of hydrogen-bond donors (Lipinski definition) is 1. The van der Waals surface area contributed by atoms with Crippen molar-refractivity contribution in [2.45, 2.75) is 17.9 Å². The van der Waals surface area contributed by atoms with Crippen molar-refractivity contribution in [1.29, 1.82) is 0 Å². The number of carbonyl (C=O) groups is 1. The van der Waals surface area contributed by atoms with Crippen molar-refractivity contribution in [2.75, 3.05) is 32.7 Å². The van der Waals surface area contributed by atoms with Crippen LogP contribution in [0.3, 0.4) is 0 Å². The van der Waals surface area contributed by atoms with Gasteiger partial charge in [0.25, 0.3) is 0 Å². The molecule has 2 aromatic rings. The molecular formula is C19H23ClN4O3S. The van der Waals surface area contributed by atoms with E-state index in [9.17, 15) is 13.2 Å². The molecular weight excluding hydrogens is 400 g/mol. The molecule has 2 heterocycles. The fourth-order valence-corrected chi connectivity index (χ4v) is 4.21. The average molecular weight is 423 g/mol. The minimum Gasteiger partial charge on any atom is -0.340 e. The fourth-order valence-electron chi connectivity index (χ4n) is 3.05. The molecule has 28 heavy (non-hydrogen) atoms. The highest BCUT2D eigenvalue weighted by atomic mass is 35.5. The van der Waals surface area contributed by atoms with Crippen LogP contribution in [0.1, 0.15) is 12.0 Å². The molecule has 9 heteroatoms. The number of piperazine rings is 1. The minimum atomic E-state index is -3.64. The Kier molecular flexibility index (Phi) is 7.01. The van der Waals surface area contributed by atoms with Gasteiger partial charge in [-0.05, 0) is 42.0 Å². The van der Waals surface area contributed by atoms with E-state index in [2.05, 4.69) is 14.6 Å². The Morgan fingerprint density at radius 3 is 2.32 bits per heavy atom. The maximum Gasteiger partial charge on any atom is 0.240 e. The Balaban J connectivity index is 1.41. The van der Waals surface area contributed by atoms with Gasteiger partial charge >= 0.3 is 0 Å². The molecule has 0 spiro atoms. The number of rotatable bonds is 7. The number of hydrogen-bond acceptors (Lipinski definition) is 5. The molecule has 0 aliphatic carbocycles. The quantitative estimate of drug-likeness (QED) is 0.735. The molecule has 0 saturated carbocycles. The zero-order valence-electron chi connectivity index (χ0n) is 15.4. The van der Waals surface area contributed by atoms with Crippen molar-refractivity contribution in [3.8, 4) is 0 Å². The van der Waals surface area contributed by atoms with E-state index in [-0.39, 0.29) is 23.8 Å². The number of aromatic nitrogens is 1. The van der Waals surface area contributed by atoms with Crippen molar-refractivity contribution in [3.05, 3.63) is 59.4 Å². The minimum absolute atomic E-state index is 0.0395. The Morgan fingerprint density at radius 2 is 1.68 bits per heavy atom. The normalized spacial score (nSPS) is 15.5. The largest absolute Gasteiger partial charge is 0.340 e.